The van der Waals surface area contributed by atoms with Gasteiger partial charge in [0.2, 0.25) is 0 Å². The highest BCUT2D eigenvalue weighted by Crippen LogP contribution is 2.19. The molecule has 112 valence electrons. The molecule has 0 unspecified atom stereocenters. The van der Waals surface area contributed by atoms with Crippen molar-refractivity contribution < 1.29 is 9.90 Å². The normalized spacial score (nSPS) is 12.5. The monoisotopic (exact) mass is 288 g/mol. The van der Waals surface area contributed by atoms with E-state index in [2.05, 4.69) is 28.0 Å². The first-order valence-corrected chi connectivity index (χ1v) is 6.89. The minimum Gasteiger partial charge on any atom is -0.481 e. The van der Waals surface area contributed by atoms with Crippen molar-refractivity contribution in [1.82, 2.24) is 19.7 Å². The molecule has 0 aromatic carbocycles. The Morgan fingerprint density at radius 2 is 2.29 bits per heavy atom. The molecule has 0 radical (unpaired) electrons. The summed E-state index contributed by atoms with van der Waals surface area (Å²) in [5.74, 6) is -0.811. The smallest absolute Gasteiger partial charge is 0.305 e. The third-order valence-corrected chi connectivity index (χ3v) is 3.50. The fourth-order valence-corrected chi connectivity index (χ4v) is 2.12. The zero-order valence-corrected chi connectivity index (χ0v) is 12.3. The highest BCUT2D eigenvalue weighted by Gasteiger charge is 2.13. The van der Waals surface area contributed by atoms with Crippen molar-refractivity contribution in [2.75, 3.05) is 7.05 Å². The van der Waals surface area contributed by atoms with Crippen LogP contribution in [0.3, 0.4) is 0 Å². The molecule has 0 fully saturated rings. The summed E-state index contributed by atoms with van der Waals surface area (Å²) in [6, 6.07) is 4.25. The van der Waals surface area contributed by atoms with Crippen molar-refractivity contribution in [3.8, 4) is 0 Å². The topological polar surface area (TPSA) is 71.2 Å². The lowest BCUT2D eigenvalue weighted by Crippen LogP contribution is -2.21. The fourth-order valence-electron chi connectivity index (χ4n) is 2.12. The molecule has 6 heteroatoms. The van der Waals surface area contributed by atoms with E-state index in [1.165, 1.54) is 5.56 Å². The number of hydrogen-bond donors (Lipinski definition) is 1. The second-order valence-corrected chi connectivity index (χ2v) is 5.13. The summed E-state index contributed by atoms with van der Waals surface area (Å²) in [6.07, 6.45) is 7.41. The molecular weight excluding hydrogens is 268 g/mol. The van der Waals surface area contributed by atoms with Crippen LogP contribution < -0.4 is 0 Å². The molecule has 0 saturated carbocycles. The molecule has 2 aromatic heterocycles. The number of rotatable bonds is 7. The quantitative estimate of drug-likeness (QED) is 0.843. The summed E-state index contributed by atoms with van der Waals surface area (Å²) in [7, 11) is 2.05. The van der Waals surface area contributed by atoms with Crippen molar-refractivity contribution in [2.24, 2.45) is 0 Å². The SMILES string of the molecule is C[C@H](c1cccnc1)N(C)Cc1cnn(CCC(=O)O)c1. The first-order valence-electron chi connectivity index (χ1n) is 6.89. The van der Waals surface area contributed by atoms with Gasteiger partial charge < -0.3 is 5.11 Å². The van der Waals surface area contributed by atoms with E-state index in [0.717, 1.165) is 12.1 Å². The Bertz CT molecular complexity index is 582. The first-order chi connectivity index (χ1) is 10.1. The zero-order chi connectivity index (χ0) is 15.2. The lowest BCUT2D eigenvalue weighted by atomic mass is 10.1. The van der Waals surface area contributed by atoms with E-state index in [4.69, 9.17) is 5.11 Å². The Morgan fingerprint density at radius 3 is 2.95 bits per heavy atom. The van der Waals surface area contributed by atoms with Gasteiger partial charge in [-0.25, -0.2) is 0 Å². The number of aromatic nitrogens is 3. The molecule has 2 heterocycles. The van der Waals surface area contributed by atoms with Gasteiger partial charge in [-0.2, -0.15) is 5.10 Å². The zero-order valence-electron chi connectivity index (χ0n) is 12.3. The molecule has 0 aliphatic carbocycles. The van der Waals surface area contributed by atoms with Gasteiger partial charge in [0.1, 0.15) is 0 Å². The van der Waals surface area contributed by atoms with Crippen LogP contribution >= 0.6 is 0 Å². The molecular formula is C15H20N4O2. The number of aryl methyl sites for hydroxylation is 1. The van der Waals surface area contributed by atoms with Crippen LogP contribution in [0.1, 0.15) is 30.5 Å². The number of hydrogen-bond acceptors (Lipinski definition) is 4. The summed E-state index contributed by atoms with van der Waals surface area (Å²) < 4.78 is 1.67. The molecule has 0 saturated heterocycles. The molecule has 2 aromatic rings. The Morgan fingerprint density at radius 1 is 1.48 bits per heavy atom. The minimum atomic E-state index is -0.811. The van der Waals surface area contributed by atoms with Gasteiger partial charge in [0.25, 0.3) is 0 Å². The maximum Gasteiger partial charge on any atom is 0.305 e. The molecule has 0 bridgehead atoms. The molecule has 0 amide bonds. The van der Waals surface area contributed by atoms with Crippen molar-refractivity contribution in [2.45, 2.75) is 32.5 Å². The second kappa shape index (κ2) is 6.99. The van der Waals surface area contributed by atoms with E-state index >= 15 is 0 Å². The van der Waals surface area contributed by atoms with Crippen molar-refractivity contribution in [3.05, 3.63) is 48.0 Å². The molecule has 2 rings (SSSR count). The third-order valence-electron chi connectivity index (χ3n) is 3.50. The predicted octanol–water partition coefficient (Wildman–Crippen LogP) is 1.95. The number of carbonyl (C=O) groups is 1. The molecule has 1 atom stereocenters. The summed E-state index contributed by atoms with van der Waals surface area (Å²) in [6.45, 7) is 3.28. The summed E-state index contributed by atoms with van der Waals surface area (Å²) in [4.78, 5) is 16.9. The Hall–Kier alpha value is -2.21. The summed E-state index contributed by atoms with van der Waals surface area (Å²) >= 11 is 0. The molecule has 0 spiro atoms. The number of carboxylic acid groups (broad SMARTS) is 1. The van der Waals surface area contributed by atoms with Crippen LogP contribution in [0.5, 0.6) is 0 Å². The van der Waals surface area contributed by atoms with Gasteiger partial charge in [-0.3, -0.25) is 19.4 Å². The Kier molecular flexibility index (Phi) is 5.05. The predicted molar refractivity (Wildman–Crippen MR) is 78.6 cm³/mol. The van der Waals surface area contributed by atoms with Gasteiger partial charge in [-0.15, -0.1) is 0 Å². The van der Waals surface area contributed by atoms with Crippen LogP contribution in [0, 0.1) is 0 Å². The van der Waals surface area contributed by atoms with E-state index in [1.807, 2.05) is 25.5 Å². The van der Waals surface area contributed by atoms with Gasteiger partial charge in [0, 0.05) is 36.7 Å². The number of aliphatic carboxylic acids is 1. The van der Waals surface area contributed by atoms with Crippen LogP contribution in [0.15, 0.2) is 36.9 Å². The summed E-state index contributed by atoms with van der Waals surface area (Å²) in [5, 5.41) is 12.9. The van der Waals surface area contributed by atoms with Gasteiger partial charge in [0.15, 0.2) is 0 Å². The molecule has 21 heavy (non-hydrogen) atoms. The van der Waals surface area contributed by atoms with Crippen LogP contribution in [0.4, 0.5) is 0 Å². The maximum absolute atomic E-state index is 10.5. The lowest BCUT2D eigenvalue weighted by Gasteiger charge is -2.24. The van der Waals surface area contributed by atoms with E-state index in [1.54, 1.807) is 17.1 Å². The van der Waals surface area contributed by atoms with Gasteiger partial charge >= 0.3 is 5.97 Å². The molecule has 6 nitrogen and oxygen atoms in total. The Labute approximate surface area is 124 Å². The van der Waals surface area contributed by atoms with E-state index in [0.29, 0.717) is 6.54 Å². The van der Waals surface area contributed by atoms with Gasteiger partial charge in [-0.05, 0) is 25.6 Å². The van der Waals surface area contributed by atoms with Crippen molar-refractivity contribution in [1.29, 1.82) is 0 Å². The van der Waals surface area contributed by atoms with E-state index < -0.39 is 5.97 Å². The summed E-state index contributed by atoms with van der Waals surface area (Å²) in [5.41, 5.74) is 2.23. The van der Waals surface area contributed by atoms with E-state index in [9.17, 15) is 4.79 Å². The number of carboxylic acids is 1. The average molecular weight is 288 g/mol. The van der Waals surface area contributed by atoms with Crippen LogP contribution in [0.2, 0.25) is 0 Å². The second-order valence-electron chi connectivity index (χ2n) is 5.13. The number of pyridine rings is 1. The van der Waals surface area contributed by atoms with Crippen LogP contribution in [-0.2, 0) is 17.9 Å². The largest absolute Gasteiger partial charge is 0.481 e. The number of nitrogens with zero attached hydrogens (tertiary/aromatic N) is 4. The minimum absolute atomic E-state index is 0.0864. The van der Waals surface area contributed by atoms with Crippen molar-refractivity contribution in [3.63, 3.8) is 0 Å². The molecule has 0 aliphatic heterocycles. The fraction of sp³-hybridized carbons (Fsp3) is 0.400. The molecule has 0 aliphatic rings. The van der Waals surface area contributed by atoms with Crippen LogP contribution in [0.25, 0.3) is 0 Å². The standard InChI is InChI=1S/C15H20N4O2/c1-12(14-4-3-6-16-9-14)18(2)10-13-8-17-19(11-13)7-5-15(20)21/h3-4,6,8-9,11-12H,5,7,10H2,1-2H3,(H,20,21)/t12-/m1/s1. The average Bonchev–Trinajstić information content (AvgIpc) is 2.92. The van der Waals surface area contributed by atoms with Crippen LogP contribution in [-0.4, -0.2) is 37.8 Å². The highest BCUT2D eigenvalue weighted by molar-refractivity contribution is 5.66. The van der Waals surface area contributed by atoms with Gasteiger partial charge in [0.05, 0.1) is 19.2 Å². The highest BCUT2D eigenvalue weighted by atomic mass is 16.4. The lowest BCUT2D eigenvalue weighted by molar-refractivity contribution is -0.137. The first kappa shape index (κ1) is 15.2. The molecule has 1 N–H and O–H groups in total. The maximum atomic E-state index is 10.5. The van der Waals surface area contributed by atoms with E-state index in [-0.39, 0.29) is 12.5 Å². The third kappa shape index (κ3) is 4.39. The van der Waals surface area contributed by atoms with Gasteiger partial charge in [-0.1, -0.05) is 6.07 Å². The van der Waals surface area contributed by atoms with Crippen molar-refractivity contribution >= 4 is 5.97 Å². The Balaban J connectivity index is 1.93.